The molecule has 8 heteroatoms. The third kappa shape index (κ3) is 5.32. The number of nitrogens with zero attached hydrogens (tertiary/aromatic N) is 3. The van der Waals surface area contributed by atoms with Crippen molar-refractivity contribution in [2.24, 2.45) is 0 Å². The van der Waals surface area contributed by atoms with Crippen LogP contribution in [0.25, 0.3) is 11.4 Å². The Morgan fingerprint density at radius 2 is 1.67 bits per heavy atom. The molecule has 0 saturated heterocycles. The number of amides is 1. The van der Waals surface area contributed by atoms with E-state index in [1.54, 1.807) is 24.3 Å². The summed E-state index contributed by atoms with van der Waals surface area (Å²) in [5, 5.41) is 8.01. The Labute approximate surface area is 201 Å². The summed E-state index contributed by atoms with van der Waals surface area (Å²) in [7, 11) is 0. The zero-order valence-corrected chi connectivity index (χ0v) is 19.4. The van der Waals surface area contributed by atoms with Gasteiger partial charge in [0.25, 0.3) is 5.91 Å². The fourth-order valence-electron chi connectivity index (χ4n) is 3.25. The van der Waals surface area contributed by atoms with E-state index in [0.29, 0.717) is 21.6 Å². The first-order chi connectivity index (χ1) is 16.1. The van der Waals surface area contributed by atoms with Crippen molar-refractivity contribution in [1.82, 2.24) is 14.8 Å². The number of carbonyl (C=O) groups excluding carboxylic acids is 2. The predicted molar refractivity (Wildman–Crippen MR) is 132 cm³/mol. The molecule has 0 radical (unpaired) electrons. The number of hydrogen-bond acceptors (Lipinski definition) is 5. The van der Waals surface area contributed by atoms with Crippen LogP contribution < -0.4 is 5.32 Å². The van der Waals surface area contributed by atoms with Crippen molar-refractivity contribution in [2.75, 3.05) is 11.1 Å². The molecule has 0 atom stereocenters. The zero-order valence-electron chi connectivity index (χ0n) is 17.9. The van der Waals surface area contributed by atoms with Crippen LogP contribution in [0, 0.1) is 0 Å². The molecule has 0 unspecified atom stereocenters. The van der Waals surface area contributed by atoms with Crippen LogP contribution in [0.3, 0.4) is 0 Å². The number of hydrogen-bond donors (Lipinski definition) is 1. The Morgan fingerprint density at radius 3 is 2.42 bits per heavy atom. The van der Waals surface area contributed by atoms with Gasteiger partial charge in [0.15, 0.2) is 11.0 Å². The highest BCUT2D eigenvalue weighted by molar-refractivity contribution is 7.99. The lowest BCUT2D eigenvalue weighted by molar-refractivity contribution is -0.113. The summed E-state index contributed by atoms with van der Waals surface area (Å²) in [5.41, 5.74) is 2.92. The lowest BCUT2D eigenvalue weighted by atomic mass is 10.1. The average Bonchev–Trinajstić information content (AvgIpc) is 3.28. The van der Waals surface area contributed by atoms with E-state index in [-0.39, 0.29) is 11.7 Å². The van der Waals surface area contributed by atoms with E-state index in [2.05, 4.69) is 15.4 Å². The lowest BCUT2D eigenvalue weighted by Gasteiger charge is -2.09. The molecule has 1 heterocycles. The van der Waals surface area contributed by atoms with Gasteiger partial charge in [-0.15, -0.1) is 5.10 Å². The highest BCUT2D eigenvalue weighted by atomic mass is 35.5. The van der Waals surface area contributed by atoms with Crippen LogP contribution in [0.2, 0.25) is 5.02 Å². The molecule has 33 heavy (non-hydrogen) atoms. The Bertz CT molecular complexity index is 1290. The first-order valence-electron chi connectivity index (χ1n) is 10.4. The Hall–Kier alpha value is -3.42. The molecule has 0 aliphatic carbocycles. The van der Waals surface area contributed by atoms with Crippen molar-refractivity contribution in [1.29, 1.82) is 0 Å². The summed E-state index contributed by atoms with van der Waals surface area (Å²) in [5.74, 6) is -0.132. The maximum atomic E-state index is 13.2. The van der Waals surface area contributed by atoms with Gasteiger partial charge in [0.2, 0.25) is 5.91 Å². The second-order valence-electron chi connectivity index (χ2n) is 7.13. The molecule has 3 aromatic carbocycles. The van der Waals surface area contributed by atoms with Crippen LogP contribution in [-0.4, -0.2) is 32.3 Å². The third-order valence-electron chi connectivity index (χ3n) is 4.91. The molecule has 1 amide bonds. The Morgan fingerprint density at radius 1 is 0.970 bits per heavy atom. The van der Waals surface area contributed by atoms with E-state index in [9.17, 15) is 9.59 Å². The van der Waals surface area contributed by atoms with Gasteiger partial charge in [-0.05, 0) is 30.2 Å². The molecule has 1 N–H and O–H groups in total. The van der Waals surface area contributed by atoms with Gasteiger partial charge in [-0.2, -0.15) is 4.68 Å². The number of aromatic nitrogens is 3. The van der Waals surface area contributed by atoms with Crippen LogP contribution >= 0.6 is 23.4 Å². The second kappa shape index (κ2) is 10.5. The highest BCUT2D eigenvalue weighted by Gasteiger charge is 2.21. The van der Waals surface area contributed by atoms with Crippen molar-refractivity contribution in [3.8, 4) is 11.4 Å². The number of rotatable bonds is 7. The minimum Gasteiger partial charge on any atom is -0.325 e. The van der Waals surface area contributed by atoms with Gasteiger partial charge < -0.3 is 5.32 Å². The number of halogens is 1. The number of anilines is 1. The molecule has 6 nitrogen and oxygen atoms in total. The molecule has 0 fully saturated rings. The number of carbonyl (C=O) groups is 2. The van der Waals surface area contributed by atoms with Gasteiger partial charge in [0.05, 0.1) is 16.3 Å². The van der Waals surface area contributed by atoms with E-state index in [1.165, 1.54) is 4.68 Å². The van der Waals surface area contributed by atoms with Gasteiger partial charge in [0, 0.05) is 11.3 Å². The van der Waals surface area contributed by atoms with Gasteiger partial charge >= 0.3 is 0 Å². The minimum absolute atomic E-state index is 0.0702. The molecule has 0 aliphatic heterocycles. The molecular weight excluding hydrogens is 456 g/mol. The first-order valence-corrected chi connectivity index (χ1v) is 11.8. The molecule has 4 aromatic rings. The van der Waals surface area contributed by atoms with Gasteiger partial charge in [-0.25, -0.2) is 4.98 Å². The van der Waals surface area contributed by atoms with Crippen LogP contribution in [0.5, 0.6) is 0 Å². The van der Waals surface area contributed by atoms with E-state index >= 15 is 0 Å². The highest BCUT2D eigenvalue weighted by Crippen LogP contribution is 2.25. The molecular formula is C25H21ClN4O2S. The maximum absolute atomic E-state index is 13.2. The van der Waals surface area contributed by atoms with Crippen molar-refractivity contribution in [3.63, 3.8) is 0 Å². The zero-order chi connectivity index (χ0) is 23.2. The lowest BCUT2D eigenvalue weighted by Crippen LogP contribution is -2.18. The fourth-order valence-corrected chi connectivity index (χ4v) is 4.19. The van der Waals surface area contributed by atoms with Crippen molar-refractivity contribution in [3.05, 3.63) is 95.0 Å². The van der Waals surface area contributed by atoms with Crippen molar-refractivity contribution >= 4 is 40.9 Å². The van der Waals surface area contributed by atoms with Crippen LogP contribution in [-0.2, 0) is 11.2 Å². The molecule has 166 valence electrons. The number of para-hydroxylation sites is 1. The second-order valence-corrected chi connectivity index (χ2v) is 8.48. The minimum atomic E-state index is -0.408. The standard InChI is InChI=1S/C25H21ClN4O2S/c1-2-17-10-6-9-15-21(17)27-22(31)16-33-25-28-23(18-11-4-3-5-12-18)29-30(25)24(32)19-13-7-8-14-20(19)26/h3-15H,2,16H2,1H3,(H,27,31). The molecule has 0 spiro atoms. The van der Waals surface area contributed by atoms with Crippen LogP contribution in [0.1, 0.15) is 22.8 Å². The SMILES string of the molecule is CCc1ccccc1NC(=O)CSc1nc(-c2ccccc2)nn1C(=O)c1ccccc1Cl. The number of benzene rings is 3. The molecule has 1 aromatic heterocycles. The van der Waals surface area contributed by atoms with E-state index in [4.69, 9.17) is 11.6 Å². The number of thioether (sulfide) groups is 1. The monoisotopic (exact) mass is 476 g/mol. The Kier molecular flexibility index (Phi) is 7.22. The summed E-state index contributed by atoms with van der Waals surface area (Å²) in [6.45, 7) is 2.04. The average molecular weight is 477 g/mol. The van der Waals surface area contributed by atoms with Gasteiger partial charge in [0.1, 0.15) is 0 Å². The van der Waals surface area contributed by atoms with E-state index in [0.717, 1.165) is 35.0 Å². The molecule has 0 saturated carbocycles. The van der Waals surface area contributed by atoms with E-state index < -0.39 is 5.91 Å². The van der Waals surface area contributed by atoms with Crippen molar-refractivity contribution < 1.29 is 9.59 Å². The number of nitrogens with one attached hydrogen (secondary N) is 1. The largest absolute Gasteiger partial charge is 0.325 e. The summed E-state index contributed by atoms with van der Waals surface area (Å²) >= 11 is 7.38. The fraction of sp³-hybridized carbons (Fsp3) is 0.120. The molecule has 4 rings (SSSR count). The smallest absolute Gasteiger partial charge is 0.282 e. The predicted octanol–water partition coefficient (Wildman–Crippen LogP) is 5.58. The quantitative estimate of drug-likeness (QED) is 0.352. The van der Waals surface area contributed by atoms with Crippen molar-refractivity contribution in [2.45, 2.75) is 18.5 Å². The summed E-state index contributed by atoms with van der Waals surface area (Å²) < 4.78 is 1.21. The summed E-state index contributed by atoms with van der Waals surface area (Å²) in [4.78, 5) is 30.4. The van der Waals surface area contributed by atoms with Gasteiger partial charge in [-0.1, -0.05) is 91.0 Å². The van der Waals surface area contributed by atoms with Crippen LogP contribution in [0.15, 0.2) is 84.0 Å². The Balaban J connectivity index is 1.59. The first kappa shape index (κ1) is 22.8. The van der Waals surface area contributed by atoms with Crippen LogP contribution in [0.4, 0.5) is 5.69 Å². The molecule has 0 bridgehead atoms. The van der Waals surface area contributed by atoms with E-state index in [1.807, 2.05) is 61.5 Å². The third-order valence-corrected chi connectivity index (χ3v) is 6.17. The normalized spacial score (nSPS) is 10.7. The summed E-state index contributed by atoms with van der Waals surface area (Å²) in [6, 6.07) is 23.8. The number of aryl methyl sites for hydroxylation is 1. The topological polar surface area (TPSA) is 76.9 Å². The molecule has 0 aliphatic rings. The summed E-state index contributed by atoms with van der Waals surface area (Å²) in [6.07, 6.45) is 0.810. The maximum Gasteiger partial charge on any atom is 0.282 e. The van der Waals surface area contributed by atoms with Gasteiger partial charge in [-0.3, -0.25) is 9.59 Å².